The fourth-order valence-electron chi connectivity index (χ4n) is 0.721. The van der Waals surface area contributed by atoms with Crippen LogP contribution in [0.25, 0.3) is 0 Å². The first-order chi connectivity index (χ1) is 5.54. The molecule has 0 spiro atoms. The molecule has 0 radical (unpaired) electrons. The number of ether oxygens (including phenoxy) is 1. The molecule has 0 aliphatic heterocycles. The SMILES string of the molecule is C=C([NH3+])[C@@H](C(=O)CCl)C(=O)OC. The van der Waals surface area contributed by atoms with E-state index in [1.54, 1.807) is 0 Å². The van der Waals surface area contributed by atoms with Crippen LogP contribution < -0.4 is 5.73 Å². The zero-order valence-corrected chi connectivity index (χ0v) is 7.56. The zero-order chi connectivity index (χ0) is 9.72. The van der Waals surface area contributed by atoms with Gasteiger partial charge in [-0.15, -0.1) is 11.6 Å². The van der Waals surface area contributed by atoms with E-state index >= 15 is 0 Å². The van der Waals surface area contributed by atoms with Gasteiger partial charge in [0.25, 0.3) is 0 Å². The number of rotatable bonds is 4. The zero-order valence-electron chi connectivity index (χ0n) is 6.80. The van der Waals surface area contributed by atoms with Crippen molar-refractivity contribution >= 4 is 23.4 Å². The number of halogens is 1. The van der Waals surface area contributed by atoms with Gasteiger partial charge in [-0.25, -0.2) is 0 Å². The topological polar surface area (TPSA) is 71.0 Å². The maximum Gasteiger partial charge on any atom is 0.326 e. The first-order valence-electron chi connectivity index (χ1n) is 3.21. The van der Waals surface area contributed by atoms with E-state index in [2.05, 4.69) is 17.0 Å². The lowest BCUT2D eigenvalue weighted by Gasteiger charge is -2.07. The minimum atomic E-state index is -1.02. The molecule has 0 bridgehead atoms. The third-order valence-corrected chi connectivity index (χ3v) is 1.56. The van der Waals surface area contributed by atoms with E-state index < -0.39 is 17.7 Å². The minimum Gasteiger partial charge on any atom is -0.468 e. The Bertz CT molecular complexity index is 199. The Morgan fingerprint density at radius 2 is 2.17 bits per heavy atom. The standard InChI is InChI=1S/C7H10ClNO3/c1-4(9)6(5(10)3-8)7(11)12-2/h6H,1,3,9H2,2H3/p+1/t6-/m0/s1. The predicted molar refractivity (Wildman–Crippen MR) is 43.3 cm³/mol. The van der Waals surface area contributed by atoms with Gasteiger partial charge in [0.2, 0.25) is 0 Å². The molecule has 0 saturated heterocycles. The molecule has 0 aromatic rings. The van der Waals surface area contributed by atoms with Crippen LogP contribution >= 0.6 is 11.6 Å². The normalized spacial score (nSPS) is 11.9. The number of hydrogen-bond acceptors (Lipinski definition) is 3. The lowest BCUT2D eigenvalue weighted by Crippen LogP contribution is -2.54. The number of hydrogen-bond donors (Lipinski definition) is 1. The summed E-state index contributed by atoms with van der Waals surface area (Å²) in [7, 11) is 1.19. The molecule has 12 heavy (non-hydrogen) atoms. The molecule has 0 amide bonds. The van der Waals surface area contributed by atoms with Crippen molar-refractivity contribution in [2.45, 2.75) is 0 Å². The van der Waals surface area contributed by atoms with E-state index in [0.717, 1.165) is 0 Å². The number of methoxy groups -OCH3 is 1. The first-order valence-corrected chi connectivity index (χ1v) is 3.75. The van der Waals surface area contributed by atoms with Crippen LogP contribution in [0.3, 0.4) is 0 Å². The molecule has 0 rings (SSSR count). The Morgan fingerprint density at radius 3 is 2.42 bits per heavy atom. The number of ketones is 1. The number of carbonyl (C=O) groups is 2. The molecule has 0 aliphatic rings. The van der Waals surface area contributed by atoms with E-state index in [9.17, 15) is 9.59 Å². The summed E-state index contributed by atoms with van der Waals surface area (Å²) in [5, 5.41) is 0. The Morgan fingerprint density at radius 1 is 1.67 bits per heavy atom. The van der Waals surface area contributed by atoms with Crippen molar-refractivity contribution in [1.82, 2.24) is 0 Å². The van der Waals surface area contributed by atoms with Crippen LogP contribution in [0.1, 0.15) is 0 Å². The second-order valence-corrected chi connectivity index (χ2v) is 2.48. The van der Waals surface area contributed by atoms with Gasteiger partial charge in [0, 0.05) is 0 Å². The van der Waals surface area contributed by atoms with Crippen LogP contribution in [0.15, 0.2) is 12.3 Å². The van der Waals surface area contributed by atoms with Crippen LogP contribution in [-0.4, -0.2) is 24.7 Å². The molecule has 68 valence electrons. The Kier molecular flexibility index (Phi) is 4.54. The second-order valence-electron chi connectivity index (χ2n) is 2.21. The van der Waals surface area contributed by atoms with E-state index in [1.807, 2.05) is 0 Å². The molecule has 0 aromatic heterocycles. The van der Waals surface area contributed by atoms with Crippen molar-refractivity contribution in [2.75, 3.05) is 13.0 Å². The smallest absolute Gasteiger partial charge is 0.326 e. The highest BCUT2D eigenvalue weighted by Gasteiger charge is 2.30. The molecule has 4 nitrogen and oxygen atoms in total. The molecule has 3 N–H and O–H groups in total. The van der Waals surface area contributed by atoms with E-state index in [0.29, 0.717) is 0 Å². The maximum atomic E-state index is 11.0. The fraction of sp³-hybridized carbons (Fsp3) is 0.429. The van der Waals surface area contributed by atoms with Crippen molar-refractivity contribution in [1.29, 1.82) is 0 Å². The number of esters is 1. The Labute approximate surface area is 75.3 Å². The van der Waals surface area contributed by atoms with Gasteiger partial charge >= 0.3 is 5.97 Å². The summed E-state index contributed by atoms with van der Waals surface area (Å²) in [4.78, 5) is 22.0. The summed E-state index contributed by atoms with van der Waals surface area (Å²) in [6, 6.07) is 0. The minimum absolute atomic E-state index is 0.201. The largest absolute Gasteiger partial charge is 0.468 e. The van der Waals surface area contributed by atoms with Crippen molar-refractivity contribution in [3.8, 4) is 0 Å². The monoisotopic (exact) mass is 192 g/mol. The highest BCUT2D eigenvalue weighted by molar-refractivity contribution is 6.29. The third-order valence-electron chi connectivity index (χ3n) is 1.30. The number of carbonyl (C=O) groups excluding carboxylic acids is 2. The van der Waals surface area contributed by atoms with Crippen LogP contribution in [0.5, 0.6) is 0 Å². The molecule has 0 heterocycles. The van der Waals surface area contributed by atoms with Crippen LogP contribution in [0, 0.1) is 5.92 Å². The average Bonchev–Trinajstić information content (AvgIpc) is 2.03. The molecule has 0 unspecified atom stereocenters. The summed E-state index contributed by atoms with van der Waals surface area (Å²) in [5.41, 5.74) is 3.60. The molecular formula is C7H11ClNO3+. The summed E-state index contributed by atoms with van der Waals surface area (Å²) >= 11 is 5.27. The van der Waals surface area contributed by atoms with Gasteiger partial charge in [0.15, 0.2) is 11.7 Å². The van der Waals surface area contributed by atoms with Crippen molar-refractivity contribution in [2.24, 2.45) is 5.92 Å². The molecule has 0 aliphatic carbocycles. The van der Waals surface area contributed by atoms with Gasteiger partial charge < -0.3 is 10.5 Å². The lowest BCUT2D eigenvalue weighted by atomic mass is 10.0. The summed E-state index contributed by atoms with van der Waals surface area (Å²) in [6.07, 6.45) is 0. The summed E-state index contributed by atoms with van der Waals surface area (Å²) < 4.78 is 4.38. The van der Waals surface area contributed by atoms with E-state index in [1.165, 1.54) is 7.11 Å². The van der Waals surface area contributed by atoms with Gasteiger partial charge in [-0.3, -0.25) is 9.59 Å². The molecule has 0 saturated carbocycles. The average molecular weight is 193 g/mol. The van der Waals surface area contributed by atoms with Gasteiger partial charge in [-0.1, -0.05) is 0 Å². The fourth-order valence-corrected chi connectivity index (χ4v) is 0.875. The molecule has 5 heteroatoms. The van der Waals surface area contributed by atoms with Gasteiger partial charge in [-0.05, 0) is 6.58 Å². The highest BCUT2D eigenvalue weighted by Crippen LogP contribution is 2.07. The predicted octanol–water partition coefficient (Wildman–Crippen LogP) is -0.661. The first kappa shape index (κ1) is 11.1. The van der Waals surface area contributed by atoms with Crippen LogP contribution in [0.4, 0.5) is 0 Å². The van der Waals surface area contributed by atoms with Crippen LogP contribution in [0.2, 0.25) is 0 Å². The number of alkyl halides is 1. The molecule has 0 fully saturated rings. The number of quaternary nitrogens is 1. The summed E-state index contributed by atoms with van der Waals surface area (Å²) in [6.45, 7) is 3.40. The van der Waals surface area contributed by atoms with Crippen molar-refractivity contribution in [3.05, 3.63) is 12.3 Å². The second kappa shape index (κ2) is 4.90. The summed E-state index contributed by atoms with van der Waals surface area (Å²) in [5.74, 6) is -2.37. The third kappa shape index (κ3) is 2.64. The van der Waals surface area contributed by atoms with E-state index in [-0.39, 0.29) is 11.6 Å². The maximum absolute atomic E-state index is 11.0. The van der Waals surface area contributed by atoms with Crippen molar-refractivity contribution < 1.29 is 20.1 Å². The Hall–Kier alpha value is -0.870. The van der Waals surface area contributed by atoms with Crippen molar-refractivity contribution in [3.63, 3.8) is 0 Å². The molecule has 0 aromatic carbocycles. The molecule has 1 atom stereocenters. The van der Waals surface area contributed by atoms with Gasteiger partial charge in [0.05, 0.1) is 13.0 Å². The number of Topliss-reactive ketones (excluding diaryl/α,β-unsaturated/α-hetero) is 1. The lowest BCUT2D eigenvalue weighted by molar-refractivity contribution is -0.310. The highest BCUT2D eigenvalue weighted by atomic mass is 35.5. The quantitative estimate of drug-likeness (QED) is 0.365. The molecular weight excluding hydrogens is 182 g/mol. The van der Waals surface area contributed by atoms with E-state index in [4.69, 9.17) is 11.6 Å². The van der Waals surface area contributed by atoms with Crippen LogP contribution in [-0.2, 0) is 14.3 Å². The Balaban J connectivity index is 4.55. The van der Waals surface area contributed by atoms with Gasteiger partial charge in [-0.2, -0.15) is 0 Å². The van der Waals surface area contributed by atoms with Gasteiger partial charge in [0.1, 0.15) is 5.70 Å².